The highest BCUT2D eigenvalue weighted by Gasteiger charge is 2.29. The first kappa shape index (κ1) is 15.5. The average molecular weight is 289 g/mol. The fourth-order valence-electron chi connectivity index (χ4n) is 2.93. The number of amides is 2. The minimum absolute atomic E-state index is 0.0323. The van der Waals surface area contributed by atoms with Gasteiger partial charge in [0.1, 0.15) is 0 Å². The van der Waals surface area contributed by atoms with Crippen molar-refractivity contribution in [2.24, 2.45) is 11.7 Å². The SMILES string of the molecule is CC1CN(C(=O)CNC(=O)CN)CCC1c1ccccc1. The first-order valence-electron chi connectivity index (χ1n) is 7.41. The van der Waals surface area contributed by atoms with Crippen molar-refractivity contribution in [1.29, 1.82) is 0 Å². The maximum atomic E-state index is 12.1. The molecule has 2 rings (SSSR count). The summed E-state index contributed by atoms with van der Waals surface area (Å²) in [7, 11) is 0. The standard InChI is InChI=1S/C16H23N3O2/c1-12-11-19(16(21)10-18-15(20)9-17)8-7-14(12)13-5-3-2-4-6-13/h2-6,12,14H,7-11,17H2,1H3,(H,18,20). The summed E-state index contributed by atoms with van der Waals surface area (Å²) in [6, 6.07) is 10.4. The van der Waals surface area contributed by atoms with Gasteiger partial charge in [-0.3, -0.25) is 9.59 Å². The Labute approximate surface area is 125 Å². The Hall–Kier alpha value is -1.88. The van der Waals surface area contributed by atoms with Crippen LogP contribution in [0.1, 0.15) is 24.8 Å². The van der Waals surface area contributed by atoms with Gasteiger partial charge in [-0.05, 0) is 23.8 Å². The summed E-state index contributed by atoms with van der Waals surface area (Å²) in [4.78, 5) is 25.0. The van der Waals surface area contributed by atoms with Crippen LogP contribution < -0.4 is 11.1 Å². The Morgan fingerprint density at radius 1 is 1.33 bits per heavy atom. The molecule has 0 saturated carbocycles. The normalized spacial score (nSPS) is 21.9. The average Bonchev–Trinajstić information content (AvgIpc) is 2.52. The Morgan fingerprint density at radius 2 is 2.05 bits per heavy atom. The van der Waals surface area contributed by atoms with E-state index in [0.717, 1.165) is 19.5 Å². The molecule has 2 atom stereocenters. The van der Waals surface area contributed by atoms with Gasteiger partial charge in [0, 0.05) is 13.1 Å². The number of rotatable bonds is 4. The van der Waals surface area contributed by atoms with Crippen LogP contribution in [-0.4, -0.2) is 42.9 Å². The third-order valence-corrected chi connectivity index (χ3v) is 4.11. The summed E-state index contributed by atoms with van der Waals surface area (Å²) in [6.45, 7) is 3.60. The van der Waals surface area contributed by atoms with E-state index in [1.807, 2.05) is 11.0 Å². The molecular formula is C16H23N3O2. The molecule has 21 heavy (non-hydrogen) atoms. The molecule has 5 heteroatoms. The van der Waals surface area contributed by atoms with Crippen LogP contribution in [0.4, 0.5) is 0 Å². The van der Waals surface area contributed by atoms with Gasteiger partial charge in [0.2, 0.25) is 11.8 Å². The van der Waals surface area contributed by atoms with Crippen LogP contribution in [0.5, 0.6) is 0 Å². The molecule has 0 radical (unpaired) electrons. The van der Waals surface area contributed by atoms with E-state index in [1.54, 1.807) is 0 Å². The van der Waals surface area contributed by atoms with E-state index in [-0.39, 0.29) is 24.9 Å². The largest absolute Gasteiger partial charge is 0.346 e. The molecule has 2 unspecified atom stereocenters. The summed E-state index contributed by atoms with van der Waals surface area (Å²) in [5.74, 6) is 0.579. The molecule has 3 N–H and O–H groups in total. The van der Waals surface area contributed by atoms with E-state index in [1.165, 1.54) is 5.56 Å². The third-order valence-electron chi connectivity index (χ3n) is 4.11. The van der Waals surface area contributed by atoms with E-state index in [9.17, 15) is 9.59 Å². The van der Waals surface area contributed by atoms with Crippen LogP contribution in [0.2, 0.25) is 0 Å². The number of nitrogens with zero attached hydrogens (tertiary/aromatic N) is 1. The molecule has 1 aromatic rings. The van der Waals surface area contributed by atoms with Gasteiger partial charge in [0.25, 0.3) is 0 Å². The Morgan fingerprint density at radius 3 is 2.67 bits per heavy atom. The van der Waals surface area contributed by atoms with Gasteiger partial charge in [0.15, 0.2) is 0 Å². The predicted molar refractivity (Wildman–Crippen MR) is 81.6 cm³/mol. The molecule has 0 bridgehead atoms. The van der Waals surface area contributed by atoms with Crippen molar-refractivity contribution in [3.05, 3.63) is 35.9 Å². The van der Waals surface area contributed by atoms with Crippen molar-refractivity contribution in [3.8, 4) is 0 Å². The molecule has 0 aliphatic carbocycles. The summed E-state index contributed by atoms with van der Waals surface area (Å²) >= 11 is 0. The summed E-state index contributed by atoms with van der Waals surface area (Å²) in [5, 5.41) is 2.53. The molecule has 1 saturated heterocycles. The fourth-order valence-corrected chi connectivity index (χ4v) is 2.93. The molecule has 0 aromatic heterocycles. The summed E-state index contributed by atoms with van der Waals surface area (Å²) in [5.41, 5.74) is 6.55. The van der Waals surface area contributed by atoms with Gasteiger partial charge >= 0.3 is 0 Å². The summed E-state index contributed by atoms with van der Waals surface area (Å²) in [6.07, 6.45) is 0.960. The van der Waals surface area contributed by atoms with Crippen LogP contribution in [0.25, 0.3) is 0 Å². The first-order chi connectivity index (χ1) is 10.1. The highest BCUT2D eigenvalue weighted by Crippen LogP contribution is 2.32. The maximum Gasteiger partial charge on any atom is 0.241 e. The number of carbonyl (C=O) groups is 2. The Balaban J connectivity index is 1.88. The lowest BCUT2D eigenvalue weighted by atomic mass is 9.81. The van der Waals surface area contributed by atoms with Crippen LogP contribution in [-0.2, 0) is 9.59 Å². The van der Waals surface area contributed by atoms with Gasteiger partial charge in [0.05, 0.1) is 13.1 Å². The minimum Gasteiger partial charge on any atom is -0.346 e. The molecule has 5 nitrogen and oxygen atoms in total. The second kappa shape index (κ2) is 7.22. The number of piperidine rings is 1. The lowest BCUT2D eigenvalue weighted by molar-refractivity contribution is -0.134. The van der Waals surface area contributed by atoms with Crippen LogP contribution in [0.15, 0.2) is 30.3 Å². The van der Waals surface area contributed by atoms with Crippen LogP contribution in [0.3, 0.4) is 0 Å². The quantitative estimate of drug-likeness (QED) is 0.857. The molecule has 1 aromatic carbocycles. The molecule has 1 aliphatic rings. The van der Waals surface area contributed by atoms with Crippen LogP contribution in [0, 0.1) is 5.92 Å². The van der Waals surface area contributed by atoms with E-state index in [2.05, 4.69) is 36.5 Å². The van der Waals surface area contributed by atoms with Crippen molar-refractivity contribution in [3.63, 3.8) is 0 Å². The lowest BCUT2D eigenvalue weighted by Crippen LogP contribution is -2.47. The van der Waals surface area contributed by atoms with E-state index >= 15 is 0 Å². The van der Waals surface area contributed by atoms with E-state index in [4.69, 9.17) is 5.73 Å². The smallest absolute Gasteiger partial charge is 0.241 e. The van der Waals surface area contributed by atoms with Gasteiger partial charge in [-0.15, -0.1) is 0 Å². The number of hydrogen-bond acceptors (Lipinski definition) is 3. The Bertz CT molecular complexity index is 490. The highest BCUT2D eigenvalue weighted by molar-refractivity contribution is 5.85. The van der Waals surface area contributed by atoms with Crippen molar-refractivity contribution in [1.82, 2.24) is 10.2 Å². The fraction of sp³-hybridized carbons (Fsp3) is 0.500. The molecule has 1 fully saturated rings. The van der Waals surface area contributed by atoms with Gasteiger partial charge in [-0.1, -0.05) is 37.3 Å². The lowest BCUT2D eigenvalue weighted by Gasteiger charge is -2.37. The van der Waals surface area contributed by atoms with Gasteiger partial charge < -0.3 is 16.0 Å². The molecule has 0 spiro atoms. The number of hydrogen-bond donors (Lipinski definition) is 2. The summed E-state index contributed by atoms with van der Waals surface area (Å²) < 4.78 is 0. The zero-order valence-electron chi connectivity index (χ0n) is 12.4. The van der Waals surface area contributed by atoms with Gasteiger partial charge in [-0.25, -0.2) is 0 Å². The second-order valence-electron chi connectivity index (χ2n) is 5.60. The highest BCUT2D eigenvalue weighted by atomic mass is 16.2. The second-order valence-corrected chi connectivity index (χ2v) is 5.60. The molecule has 1 aliphatic heterocycles. The first-order valence-corrected chi connectivity index (χ1v) is 7.41. The molecule has 1 heterocycles. The van der Waals surface area contributed by atoms with Gasteiger partial charge in [-0.2, -0.15) is 0 Å². The number of nitrogens with one attached hydrogen (secondary N) is 1. The van der Waals surface area contributed by atoms with Crippen molar-refractivity contribution >= 4 is 11.8 Å². The van der Waals surface area contributed by atoms with Crippen LogP contribution >= 0.6 is 0 Å². The third kappa shape index (κ3) is 4.04. The maximum absolute atomic E-state index is 12.1. The Kier molecular flexibility index (Phi) is 5.33. The molecule has 2 amide bonds. The van der Waals surface area contributed by atoms with Crippen molar-refractivity contribution in [2.75, 3.05) is 26.2 Å². The van der Waals surface area contributed by atoms with Crippen molar-refractivity contribution in [2.45, 2.75) is 19.3 Å². The number of likely N-dealkylation sites (tertiary alicyclic amines) is 1. The van der Waals surface area contributed by atoms with E-state index in [0.29, 0.717) is 11.8 Å². The van der Waals surface area contributed by atoms with E-state index < -0.39 is 0 Å². The zero-order valence-corrected chi connectivity index (χ0v) is 12.4. The number of nitrogens with two attached hydrogens (primary N) is 1. The predicted octanol–water partition coefficient (Wildman–Crippen LogP) is 0.714. The number of benzene rings is 1. The molecule has 114 valence electrons. The van der Waals surface area contributed by atoms with Crippen molar-refractivity contribution < 1.29 is 9.59 Å². The monoisotopic (exact) mass is 289 g/mol. The minimum atomic E-state index is -0.296. The molecular weight excluding hydrogens is 266 g/mol. The zero-order chi connectivity index (χ0) is 15.2. The number of carbonyl (C=O) groups excluding carboxylic acids is 2. The topological polar surface area (TPSA) is 75.4 Å².